The third kappa shape index (κ3) is 1.74. The smallest absolute Gasteiger partial charge is 0.135 e. The van der Waals surface area contributed by atoms with Crippen molar-refractivity contribution in [3.05, 3.63) is 60.9 Å². The van der Waals surface area contributed by atoms with E-state index in [4.69, 9.17) is 4.42 Å². The molecule has 19 heavy (non-hydrogen) atoms. The van der Waals surface area contributed by atoms with Crippen molar-refractivity contribution in [3.63, 3.8) is 0 Å². The molecule has 0 saturated heterocycles. The van der Waals surface area contributed by atoms with Crippen LogP contribution in [0.4, 0.5) is 11.4 Å². The van der Waals surface area contributed by atoms with Crippen molar-refractivity contribution in [1.29, 1.82) is 0 Å². The van der Waals surface area contributed by atoms with Crippen LogP contribution in [0.2, 0.25) is 0 Å². The van der Waals surface area contributed by atoms with Gasteiger partial charge in [-0.15, -0.1) is 0 Å². The number of nitrogens with one attached hydrogen (secondary N) is 1. The van der Waals surface area contributed by atoms with Gasteiger partial charge in [0.1, 0.15) is 5.76 Å². The average molecular weight is 265 g/mol. The highest BCUT2D eigenvalue weighted by molar-refractivity contribution is 7.99. The van der Waals surface area contributed by atoms with Crippen molar-refractivity contribution in [1.82, 2.24) is 0 Å². The van der Waals surface area contributed by atoms with Crippen molar-refractivity contribution < 1.29 is 4.42 Å². The summed E-state index contributed by atoms with van der Waals surface area (Å²) in [6.07, 6.45) is 1.71. The molecule has 0 bridgehead atoms. The van der Waals surface area contributed by atoms with E-state index in [2.05, 4.69) is 41.7 Å². The van der Waals surface area contributed by atoms with E-state index in [1.54, 1.807) is 18.0 Å². The number of benzene rings is 2. The molecule has 1 aliphatic heterocycles. The fourth-order valence-electron chi connectivity index (χ4n) is 2.29. The molecular weight excluding hydrogens is 254 g/mol. The van der Waals surface area contributed by atoms with Gasteiger partial charge >= 0.3 is 0 Å². The Morgan fingerprint density at radius 2 is 1.74 bits per heavy atom. The quantitative estimate of drug-likeness (QED) is 0.515. The minimum atomic E-state index is 0.893. The zero-order valence-corrected chi connectivity index (χ0v) is 10.9. The Hall–Kier alpha value is -2.13. The number of hydrogen-bond acceptors (Lipinski definition) is 3. The molecule has 2 heterocycles. The van der Waals surface area contributed by atoms with Crippen LogP contribution in [-0.4, -0.2) is 0 Å². The molecule has 0 amide bonds. The maximum absolute atomic E-state index is 5.52. The second kappa shape index (κ2) is 4.21. The lowest BCUT2D eigenvalue weighted by Crippen LogP contribution is -2.01. The van der Waals surface area contributed by atoms with Crippen molar-refractivity contribution in [2.24, 2.45) is 0 Å². The summed E-state index contributed by atoms with van der Waals surface area (Å²) in [5.41, 5.74) is 3.38. The molecule has 0 aliphatic carbocycles. The first-order valence-corrected chi connectivity index (χ1v) is 6.94. The minimum Gasteiger partial charge on any atom is -0.464 e. The molecule has 3 heteroatoms. The normalized spacial score (nSPS) is 12.4. The van der Waals surface area contributed by atoms with E-state index in [0.717, 1.165) is 22.7 Å². The van der Waals surface area contributed by atoms with Crippen molar-refractivity contribution in [2.75, 3.05) is 5.32 Å². The summed E-state index contributed by atoms with van der Waals surface area (Å²) in [6, 6.07) is 18.5. The fourth-order valence-corrected chi connectivity index (χ4v) is 3.32. The predicted octanol–water partition coefficient (Wildman–Crippen LogP) is 5.15. The molecule has 2 nitrogen and oxygen atoms in total. The summed E-state index contributed by atoms with van der Waals surface area (Å²) < 4.78 is 5.52. The third-order valence-electron chi connectivity index (χ3n) is 3.18. The standard InChI is InChI=1S/C16H11NOS/c1-2-8-14-12(6-1)17-16-11(13-7-4-10-18-13)5-3-9-15(16)19-14/h1-10,17H. The fraction of sp³-hybridized carbons (Fsp3) is 0. The molecule has 0 atom stereocenters. The highest BCUT2D eigenvalue weighted by atomic mass is 32.2. The lowest BCUT2D eigenvalue weighted by Gasteiger charge is -2.22. The van der Waals surface area contributed by atoms with Crippen LogP contribution < -0.4 is 5.32 Å². The first-order valence-electron chi connectivity index (χ1n) is 6.12. The van der Waals surface area contributed by atoms with Crippen LogP contribution in [0.15, 0.2) is 75.1 Å². The maximum atomic E-state index is 5.52. The predicted molar refractivity (Wildman–Crippen MR) is 78.0 cm³/mol. The van der Waals surface area contributed by atoms with Gasteiger partial charge in [-0.05, 0) is 36.4 Å². The topological polar surface area (TPSA) is 25.2 Å². The summed E-state index contributed by atoms with van der Waals surface area (Å²) in [5, 5.41) is 3.52. The van der Waals surface area contributed by atoms with Gasteiger partial charge in [0.15, 0.2) is 0 Å². The summed E-state index contributed by atoms with van der Waals surface area (Å²) in [7, 11) is 0. The number of hydrogen-bond donors (Lipinski definition) is 1. The Labute approximate surface area is 115 Å². The Balaban J connectivity index is 1.88. The first kappa shape index (κ1) is 10.8. The van der Waals surface area contributed by atoms with E-state index < -0.39 is 0 Å². The van der Waals surface area contributed by atoms with Crippen molar-refractivity contribution >= 4 is 23.1 Å². The summed E-state index contributed by atoms with van der Waals surface area (Å²) in [6.45, 7) is 0. The number of rotatable bonds is 1. The molecule has 0 saturated carbocycles. The lowest BCUT2D eigenvalue weighted by atomic mass is 10.1. The zero-order valence-electron chi connectivity index (χ0n) is 10.1. The van der Waals surface area contributed by atoms with Crippen LogP contribution >= 0.6 is 11.8 Å². The summed E-state index contributed by atoms with van der Waals surface area (Å²) >= 11 is 1.79. The summed E-state index contributed by atoms with van der Waals surface area (Å²) in [5.74, 6) is 0.893. The molecule has 2 aromatic carbocycles. The molecule has 0 fully saturated rings. The molecule has 1 aromatic heterocycles. The van der Waals surface area contributed by atoms with Gasteiger partial charge in [0.25, 0.3) is 0 Å². The second-order valence-electron chi connectivity index (χ2n) is 4.38. The molecule has 0 spiro atoms. The maximum Gasteiger partial charge on any atom is 0.135 e. The van der Waals surface area contributed by atoms with Crippen molar-refractivity contribution in [2.45, 2.75) is 9.79 Å². The van der Waals surface area contributed by atoms with Crippen LogP contribution in [0.1, 0.15) is 0 Å². The summed E-state index contributed by atoms with van der Waals surface area (Å²) in [4.78, 5) is 2.49. The lowest BCUT2D eigenvalue weighted by molar-refractivity contribution is 0.582. The zero-order chi connectivity index (χ0) is 12.7. The largest absolute Gasteiger partial charge is 0.464 e. The molecule has 3 aromatic rings. The van der Waals surface area contributed by atoms with Gasteiger partial charge in [-0.3, -0.25) is 0 Å². The average Bonchev–Trinajstić information content (AvgIpc) is 2.98. The first-order chi connectivity index (χ1) is 9.42. The van der Waals surface area contributed by atoms with Gasteiger partial charge < -0.3 is 9.73 Å². The van der Waals surface area contributed by atoms with E-state index in [1.165, 1.54) is 9.79 Å². The van der Waals surface area contributed by atoms with E-state index in [9.17, 15) is 0 Å². The Morgan fingerprint density at radius 1 is 0.842 bits per heavy atom. The van der Waals surface area contributed by atoms with E-state index >= 15 is 0 Å². The number of furan rings is 1. The van der Waals surface area contributed by atoms with E-state index in [1.807, 2.05) is 18.2 Å². The van der Waals surface area contributed by atoms with Crippen LogP contribution in [0.5, 0.6) is 0 Å². The molecule has 4 rings (SSSR count). The highest BCUT2D eigenvalue weighted by Gasteiger charge is 2.19. The van der Waals surface area contributed by atoms with Gasteiger partial charge in [0.2, 0.25) is 0 Å². The number of fused-ring (bicyclic) bond motifs is 2. The van der Waals surface area contributed by atoms with E-state index in [0.29, 0.717) is 0 Å². The Bertz CT molecular complexity index is 734. The Kier molecular flexibility index (Phi) is 2.38. The molecule has 1 aliphatic rings. The van der Waals surface area contributed by atoms with Gasteiger partial charge in [-0.25, -0.2) is 0 Å². The van der Waals surface area contributed by atoms with Gasteiger partial charge in [-0.1, -0.05) is 30.0 Å². The number of para-hydroxylation sites is 2. The highest BCUT2D eigenvalue weighted by Crippen LogP contribution is 2.47. The molecule has 0 unspecified atom stereocenters. The third-order valence-corrected chi connectivity index (χ3v) is 4.32. The second-order valence-corrected chi connectivity index (χ2v) is 5.46. The van der Waals surface area contributed by atoms with Gasteiger partial charge in [-0.2, -0.15) is 0 Å². The Morgan fingerprint density at radius 3 is 2.63 bits per heavy atom. The van der Waals surface area contributed by atoms with Crippen LogP contribution in [0.25, 0.3) is 11.3 Å². The molecular formula is C16H11NOS. The van der Waals surface area contributed by atoms with E-state index in [-0.39, 0.29) is 0 Å². The van der Waals surface area contributed by atoms with Gasteiger partial charge in [0, 0.05) is 15.4 Å². The minimum absolute atomic E-state index is 0.893. The van der Waals surface area contributed by atoms with Crippen LogP contribution in [0, 0.1) is 0 Å². The molecule has 0 radical (unpaired) electrons. The number of anilines is 2. The monoisotopic (exact) mass is 265 g/mol. The van der Waals surface area contributed by atoms with Gasteiger partial charge in [0.05, 0.1) is 17.6 Å². The molecule has 92 valence electrons. The van der Waals surface area contributed by atoms with Crippen molar-refractivity contribution in [3.8, 4) is 11.3 Å². The van der Waals surface area contributed by atoms with Crippen LogP contribution in [0.3, 0.4) is 0 Å². The van der Waals surface area contributed by atoms with Crippen LogP contribution in [-0.2, 0) is 0 Å². The molecule has 1 N–H and O–H groups in total. The SMILES string of the molecule is c1coc(-c2cccc3c2Nc2ccccc2S3)c1.